The molecule has 0 aromatic carbocycles. The molecule has 76 valence electrons. The van der Waals surface area contributed by atoms with Gasteiger partial charge in [0.2, 0.25) is 0 Å². The third-order valence-corrected chi connectivity index (χ3v) is 2.23. The first-order valence-electron chi connectivity index (χ1n) is 5.01. The topological polar surface area (TPSA) is 30.0 Å². The van der Waals surface area contributed by atoms with Crippen molar-refractivity contribution in [2.75, 3.05) is 0 Å². The van der Waals surface area contributed by atoms with E-state index in [1.165, 1.54) is 0 Å². The number of nitrogens with zero attached hydrogens (tertiary/aromatic N) is 1. The molecular weight excluding hydrogens is 174 g/mol. The first kappa shape index (κ1) is 10.9. The summed E-state index contributed by atoms with van der Waals surface area (Å²) in [6.07, 6.45) is 3.47. The molecule has 1 aromatic heterocycles. The fraction of sp³-hybridized carbons (Fsp3) is 0.500. The molecule has 0 amide bonds. The van der Waals surface area contributed by atoms with Crippen LogP contribution in [0.4, 0.5) is 0 Å². The van der Waals surface area contributed by atoms with E-state index in [1.54, 1.807) is 6.20 Å². The molecule has 0 radical (unpaired) electrons. The van der Waals surface area contributed by atoms with Gasteiger partial charge in [0, 0.05) is 23.9 Å². The summed E-state index contributed by atoms with van der Waals surface area (Å²) in [6, 6.07) is 1.94. The van der Waals surface area contributed by atoms with Gasteiger partial charge in [0.25, 0.3) is 0 Å². The van der Waals surface area contributed by atoms with Gasteiger partial charge in [-0.15, -0.1) is 0 Å². The van der Waals surface area contributed by atoms with Crippen LogP contribution in [0.15, 0.2) is 18.5 Å². The molecule has 2 nitrogen and oxygen atoms in total. The predicted molar refractivity (Wildman–Crippen MR) is 57.5 cm³/mol. The Bertz CT molecular complexity index is 329. The minimum Gasteiger partial charge on any atom is -0.294 e. The van der Waals surface area contributed by atoms with Gasteiger partial charge in [-0.2, -0.15) is 0 Å². The smallest absolute Gasteiger partial charge is 0.166 e. The van der Waals surface area contributed by atoms with E-state index in [2.05, 4.69) is 18.8 Å². The lowest BCUT2D eigenvalue weighted by Gasteiger charge is -2.08. The Balaban J connectivity index is 3.00. The highest BCUT2D eigenvalue weighted by Crippen LogP contribution is 2.16. The standard InChI is InChI=1S/C12H17NO/c1-8(2)10-5-11(7-13-6-10)12(14)9(3)4/h5-9H,1-4H3. The summed E-state index contributed by atoms with van der Waals surface area (Å²) < 4.78 is 0. The number of carbonyl (C=O) groups excluding carboxylic acids is 1. The van der Waals surface area contributed by atoms with Crippen LogP contribution in [0, 0.1) is 5.92 Å². The maximum atomic E-state index is 11.7. The molecular formula is C12H17NO. The Morgan fingerprint density at radius 2 is 1.86 bits per heavy atom. The number of rotatable bonds is 3. The molecule has 0 saturated carbocycles. The Labute approximate surface area is 85.4 Å². The van der Waals surface area contributed by atoms with Crippen molar-refractivity contribution in [1.29, 1.82) is 0 Å². The van der Waals surface area contributed by atoms with Crippen molar-refractivity contribution >= 4 is 5.78 Å². The second-order valence-electron chi connectivity index (χ2n) is 4.18. The maximum Gasteiger partial charge on any atom is 0.166 e. The quantitative estimate of drug-likeness (QED) is 0.687. The van der Waals surface area contributed by atoms with Crippen LogP contribution in [0.25, 0.3) is 0 Å². The van der Waals surface area contributed by atoms with Crippen molar-refractivity contribution in [3.8, 4) is 0 Å². The zero-order valence-electron chi connectivity index (χ0n) is 9.24. The van der Waals surface area contributed by atoms with Crippen LogP contribution in [-0.4, -0.2) is 10.8 Å². The average molecular weight is 191 g/mol. The van der Waals surface area contributed by atoms with E-state index < -0.39 is 0 Å². The van der Waals surface area contributed by atoms with Crippen molar-refractivity contribution in [2.45, 2.75) is 33.6 Å². The van der Waals surface area contributed by atoms with E-state index in [1.807, 2.05) is 26.1 Å². The van der Waals surface area contributed by atoms with Crippen molar-refractivity contribution in [3.05, 3.63) is 29.6 Å². The zero-order chi connectivity index (χ0) is 10.7. The zero-order valence-corrected chi connectivity index (χ0v) is 9.24. The monoisotopic (exact) mass is 191 g/mol. The van der Waals surface area contributed by atoms with E-state index in [0.717, 1.165) is 11.1 Å². The molecule has 0 aliphatic carbocycles. The molecule has 0 fully saturated rings. The second kappa shape index (κ2) is 4.36. The maximum absolute atomic E-state index is 11.7. The molecule has 1 rings (SSSR count). The summed E-state index contributed by atoms with van der Waals surface area (Å²) in [5.41, 5.74) is 1.85. The van der Waals surface area contributed by atoms with Crippen molar-refractivity contribution in [2.24, 2.45) is 5.92 Å². The highest BCUT2D eigenvalue weighted by molar-refractivity contribution is 5.97. The lowest BCUT2D eigenvalue weighted by molar-refractivity contribution is 0.0939. The molecule has 0 spiro atoms. The van der Waals surface area contributed by atoms with Crippen molar-refractivity contribution in [1.82, 2.24) is 4.98 Å². The van der Waals surface area contributed by atoms with Gasteiger partial charge >= 0.3 is 0 Å². The molecule has 0 bridgehead atoms. The van der Waals surface area contributed by atoms with Gasteiger partial charge in [0.15, 0.2) is 5.78 Å². The fourth-order valence-corrected chi connectivity index (χ4v) is 1.24. The van der Waals surface area contributed by atoms with E-state index in [-0.39, 0.29) is 11.7 Å². The number of ketones is 1. The van der Waals surface area contributed by atoms with Crippen LogP contribution in [0.5, 0.6) is 0 Å². The van der Waals surface area contributed by atoms with Crippen LogP contribution >= 0.6 is 0 Å². The normalized spacial score (nSPS) is 11.0. The molecule has 0 aliphatic heterocycles. The molecule has 2 heteroatoms. The van der Waals surface area contributed by atoms with E-state index >= 15 is 0 Å². The summed E-state index contributed by atoms with van der Waals surface area (Å²) in [4.78, 5) is 15.8. The SMILES string of the molecule is CC(C)C(=O)c1cncc(C(C)C)c1. The minimum absolute atomic E-state index is 0.0409. The summed E-state index contributed by atoms with van der Waals surface area (Å²) in [5.74, 6) is 0.627. The number of pyridine rings is 1. The molecule has 0 unspecified atom stereocenters. The van der Waals surface area contributed by atoms with E-state index in [9.17, 15) is 4.79 Å². The van der Waals surface area contributed by atoms with Gasteiger partial charge in [-0.25, -0.2) is 0 Å². The van der Waals surface area contributed by atoms with Gasteiger partial charge in [0.1, 0.15) is 0 Å². The first-order chi connectivity index (χ1) is 6.52. The molecule has 0 saturated heterocycles. The Morgan fingerprint density at radius 3 is 2.36 bits per heavy atom. The van der Waals surface area contributed by atoms with Crippen LogP contribution in [0.3, 0.4) is 0 Å². The average Bonchev–Trinajstić information content (AvgIpc) is 2.16. The van der Waals surface area contributed by atoms with Crippen LogP contribution in [-0.2, 0) is 0 Å². The van der Waals surface area contributed by atoms with Crippen LogP contribution in [0.2, 0.25) is 0 Å². The minimum atomic E-state index is 0.0409. The lowest BCUT2D eigenvalue weighted by Crippen LogP contribution is -2.08. The third kappa shape index (κ3) is 2.41. The third-order valence-electron chi connectivity index (χ3n) is 2.23. The number of Topliss-reactive ketones (excluding diaryl/α,β-unsaturated/α-hetero) is 1. The molecule has 1 heterocycles. The van der Waals surface area contributed by atoms with E-state index in [0.29, 0.717) is 5.92 Å². The number of hydrogen-bond donors (Lipinski definition) is 0. The van der Waals surface area contributed by atoms with Crippen molar-refractivity contribution in [3.63, 3.8) is 0 Å². The Morgan fingerprint density at radius 1 is 1.21 bits per heavy atom. The number of carbonyl (C=O) groups is 1. The molecule has 0 atom stereocenters. The lowest BCUT2D eigenvalue weighted by atomic mass is 9.98. The van der Waals surface area contributed by atoms with Gasteiger partial charge in [-0.05, 0) is 17.5 Å². The number of hydrogen-bond acceptors (Lipinski definition) is 2. The summed E-state index contributed by atoms with van der Waals surface area (Å²) in [7, 11) is 0. The largest absolute Gasteiger partial charge is 0.294 e. The summed E-state index contributed by atoms with van der Waals surface area (Å²) in [6.45, 7) is 8.01. The Kier molecular flexibility index (Phi) is 3.39. The molecule has 0 N–H and O–H groups in total. The fourth-order valence-electron chi connectivity index (χ4n) is 1.24. The molecule has 1 aromatic rings. The van der Waals surface area contributed by atoms with Gasteiger partial charge in [-0.1, -0.05) is 27.7 Å². The van der Waals surface area contributed by atoms with Crippen LogP contribution < -0.4 is 0 Å². The van der Waals surface area contributed by atoms with Gasteiger partial charge in [0.05, 0.1) is 0 Å². The van der Waals surface area contributed by atoms with Crippen molar-refractivity contribution < 1.29 is 4.79 Å². The highest BCUT2D eigenvalue weighted by atomic mass is 16.1. The predicted octanol–water partition coefficient (Wildman–Crippen LogP) is 3.04. The molecule has 14 heavy (non-hydrogen) atoms. The highest BCUT2D eigenvalue weighted by Gasteiger charge is 2.11. The van der Waals surface area contributed by atoms with E-state index in [4.69, 9.17) is 0 Å². The molecule has 0 aliphatic rings. The second-order valence-corrected chi connectivity index (χ2v) is 4.18. The number of aromatic nitrogens is 1. The van der Waals surface area contributed by atoms with Gasteiger partial charge < -0.3 is 0 Å². The first-order valence-corrected chi connectivity index (χ1v) is 5.01. The Hall–Kier alpha value is -1.18. The summed E-state index contributed by atoms with van der Waals surface area (Å²) in [5, 5.41) is 0. The van der Waals surface area contributed by atoms with Gasteiger partial charge in [-0.3, -0.25) is 9.78 Å². The van der Waals surface area contributed by atoms with Crippen LogP contribution in [0.1, 0.15) is 49.5 Å². The summed E-state index contributed by atoms with van der Waals surface area (Å²) >= 11 is 0.